The number of nitrogens with zero attached hydrogens (tertiary/aromatic N) is 3. The van der Waals surface area contributed by atoms with Crippen LogP contribution in [0.15, 0.2) is 47.4 Å². The molecule has 0 bridgehead atoms. The standard InChI is InChI=1S/C18H8Cl2F6N4S/c19-11-6-9(17(21,22)23)7-12(20)14(11)28-16-15(31-18(24,25)26)13(8-27)29-30(16)10-4-2-1-3-5-10/h1-7,28H. The number of para-hydroxylation sites is 1. The van der Waals surface area contributed by atoms with Gasteiger partial charge in [0.25, 0.3) is 0 Å². The zero-order chi connectivity index (χ0) is 23.0. The van der Waals surface area contributed by atoms with Crippen LogP contribution in [0, 0.1) is 11.3 Å². The second-order valence-electron chi connectivity index (χ2n) is 5.87. The molecule has 2 aromatic carbocycles. The molecule has 0 spiro atoms. The Balaban J connectivity index is 2.20. The van der Waals surface area contributed by atoms with Crippen molar-refractivity contribution in [2.45, 2.75) is 16.6 Å². The fourth-order valence-electron chi connectivity index (χ4n) is 2.53. The van der Waals surface area contributed by atoms with Crippen molar-refractivity contribution in [3.8, 4) is 11.8 Å². The monoisotopic (exact) mass is 496 g/mol. The number of alkyl halides is 6. The predicted molar refractivity (Wildman–Crippen MR) is 105 cm³/mol. The highest BCUT2D eigenvalue weighted by molar-refractivity contribution is 8.00. The minimum atomic E-state index is -4.78. The van der Waals surface area contributed by atoms with Crippen molar-refractivity contribution in [1.29, 1.82) is 5.26 Å². The van der Waals surface area contributed by atoms with Gasteiger partial charge in [-0.05, 0) is 36.0 Å². The van der Waals surface area contributed by atoms with Crippen molar-refractivity contribution < 1.29 is 26.3 Å². The molecule has 13 heteroatoms. The average Bonchev–Trinajstić information content (AvgIpc) is 3.00. The zero-order valence-electron chi connectivity index (χ0n) is 14.8. The lowest BCUT2D eigenvalue weighted by atomic mass is 10.2. The lowest BCUT2D eigenvalue weighted by Gasteiger charge is -2.16. The van der Waals surface area contributed by atoms with Crippen molar-refractivity contribution in [2.24, 2.45) is 0 Å². The Morgan fingerprint density at radius 1 is 1.00 bits per heavy atom. The van der Waals surface area contributed by atoms with E-state index < -0.39 is 49.6 Å². The Morgan fingerprint density at radius 2 is 1.58 bits per heavy atom. The molecule has 0 aliphatic rings. The molecule has 1 heterocycles. The van der Waals surface area contributed by atoms with E-state index in [1.54, 1.807) is 24.3 Å². The van der Waals surface area contributed by atoms with Crippen LogP contribution in [-0.4, -0.2) is 15.3 Å². The molecule has 0 fully saturated rings. The third kappa shape index (κ3) is 5.20. The first-order chi connectivity index (χ1) is 14.4. The van der Waals surface area contributed by atoms with Gasteiger partial charge in [-0.15, -0.1) is 0 Å². The molecule has 0 saturated carbocycles. The van der Waals surface area contributed by atoms with Crippen LogP contribution in [-0.2, 0) is 6.18 Å². The van der Waals surface area contributed by atoms with E-state index in [1.807, 2.05) is 0 Å². The average molecular weight is 497 g/mol. The molecule has 1 aromatic heterocycles. The summed E-state index contributed by atoms with van der Waals surface area (Å²) in [6.07, 6.45) is -4.73. The molecule has 4 nitrogen and oxygen atoms in total. The van der Waals surface area contributed by atoms with Gasteiger partial charge in [-0.3, -0.25) is 0 Å². The van der Waals surface area contributed by atoms with Crippen molar-refractivity contribution in [3.63, 3.8) is 0 Å². The van der Waals surface area contributed by atoms with E-state index in [1.165, 1.54) is 12.1 Å². The summed E-state index contributed by atoms with van der Waals surface area (Å²) in [7, 11) is 0. The molecule has 3 aromatic rings. The molecule has 3 rings (SSSR count). The van der Waals surface area contributed by atoms with Crippen LogP contribution in [0.25, 0.3) is 5.69 Å². The summed E-state index contributed by atoms with van der Waals surface area (Å²) >= 11 is 11.3. The van der Waals surface area contributed by atoms with E-state index >= 15 is 0 Å². The summed E-state index contributed by atoms with van der Waals surface area (Å²) in [5.41, 5.74) is -6.45. The van der Waals surface area contributed by atoms with Crippen LogP contribution in [0.3, 0.4) is 0 Å². The van der Waals surface area contributed by atoms with Gasteiger partial charge in [-0.25, -0.2) is 4.68 Å². The second-order valence-corrected chi connectivity index (χ2v) is 7.76. The largest absolute Gasteiger partial charge is 0.446 e. The third-order valence-corrected chi connectivity index (χ3v) is 5.20. The van der Waals surface area contributed by atoms with Crippen molar-refractivity contribution in [1.82, 2.24) is 9.78 Å². The maximum atomic E-state index is 13.1. The van der Waals surface area contributed by atoms with Crippen molar-refractivity contribution in [3.05, 3.63) is 63.8 Å². The van der Waals surface area contributed by atoms with Gasteiger partial charge in [-0.2, -0.15) is 36.7 Å². The highest BCUT2D eigenvalue weighted by atomic mass is 35.5. The Labute approximate surface area is 185 Å². The molecule has 0 atom stereocenters. The van der Waals surface area contributed by atoms with E-state index in [-0.39, 0.29) is 17.2 Å². The fourth-order valence-corrected chi connectivity index (χ4v) is 3.76. The summed E-state index contributed by atoms with van der Waals surface area (Å²) < 4.78 is 79.4. The Morgan fingerprint density at radius 3 is 2.06 bits per heavy atom. The topological polar surface area (TPSA) is 53.6 Å². The number of hydrogen-bond donors (Lipinski definition) is 1. The zero-order valence-corrected chi connectivity index (χ0v) is 17.1. The first-order valence-electron chi connectivity index (χ1n) is 8.08. The maximum absolute atomic E-state index is 13.1. The van der Waals surface area contributed by atoms with Gasteiger partial charge < -0.3 is 5.32 Å². The SMILES string of the molecule is N#Cc1nn(-c2ccccc2)c(Nc2c(Cl)cc(C(F)(F)F)cc2Cl)c1SC(F)(F)F. The van der Waals surface area contributed by atoms with Gasteiger partial charge >= 0.3 is 11.7 Å². The van der Waals surface area contributed by atoms with Gasteiger partial charge in [0.15, 0.2) is 5.69 Å². The molecule has 1 N–H and O–H groups in total. The number of nitrogens with one attached hydrogen (secondary N) is 1. The van der Waals surface area contributed by atoms with Crippen LogP contribution in [0.5, 0.6) is 0 Å². The summed E-state index contributed by atoms with van der Waals surface area (Å²) in [6.45, 7) is 0. The van der Waals surface area contributed by atoms with Crippen LogP contribution < -0.4 is 5.32 Å². The number of halogens is 8. The number of aromatic nitrogens is 2. The highest BCUT2D eigenvalue weighted by Gasteiger charge is 2.36. The molecule has 0 aliphatic carbocycles. The molecule has 31 heavy (non-hydrogen) atoms. The second kappa shape index (κ2) is 8.53. The van der Waals surface area contributed by atoms with Crippen LogP contribution in [0.1, 0.15) is 11.3 Å². The van der Waals surface area contributed by atoms with E-state index in [0.29, 0.717) is 12.1 Å². The van der Waals surface area contributed by atoms with Crippen molar-refractivity contribution >= 4 is 46.5 Å². The minimum Gasteiger partial charge on any atom is -0.337 e. The van der Waals surface area contributed by atoms with Gasteiger partial charge in [0.2, 0.25) is 0 Å². The van der Waals surface area contributed by atoms with E-state index in [4.69, 9.17) is 23.2 Å². The first-order valence-corrected chi connectivity index (χ1v) is 9.65. The number of hydrogen-bond acceptors (Lipinski definition) is 4. The third-order valence-electron chi connectivity index (χ3n) is 3.78. The van der Waals surface area contributed by atoms with E-state index in [2.05, 4.69) is 10.4 Å². The Hall–Kier alpha value is -2.55. The first kappa shape index (κ1) is 23.1. The van der Waals surface area contributed by atoms with Gasteiger partial charge in [-0.1, -0.05) is 41.4 Å². The van der Waals surface area contributed by atoms with Gasteiger partial charge in [0.05, 0.1) is 31.9 Å². The summed E-state index contributed by atoms with van der Waals surface area (Å²) in [6, 6.07) is 10.6. The van der Waals surface area contributed by atoms with E-state index in [9.17, 15) is 31.6 Å². The molecule has 0 radical (unpaired) electrons. The van der Waals surface area contributed by atoms with Gasteiger partial charge in [0.1, 0.15) is 11.9 Å². The van der Waals surface area contributed by atoms with Gasteiger partial charge in [0, 0.05) is 0 Å². The van der Waals surface area contributed by atoms with E-state index in [0.717, 1.165) is 4.68 Å². The molecule has 0 saturated heterocycles. The Bertz CT molecular complexity index is 1130. The van der Waals surface area contributed by atoms with Crippen LogP contribution in [0.2, 0.25) is 10.0 Å². The summed E-state index contributed by atoms with van der Waals surface area (Å²) in [4.78, 5) is -0.592. The molecule has 162 valence electrons. The Kier molecular flexibility index (Phi) is 6.36. The molecule has 0 amide bonds. The number of benzene rings is 2. The number of rotatable bonds is 4. The number of anilines is 2. The quantitative estimate of drug-likeness (QED) is 0.301. The predicted octanol–water partition coefficient (Wildman–Crippen LogP) is 7.43. The smallest absolute Gasteiger partial charge is 0.337 e. The van der Waals surface area contributed by atoms with Crippen LogP contribution in [0.4, 0.5) is 37.8 Å². The number of thioether (sulfide) groups is 1. The molecule has 0 aliphatic heterocycles. The molecular formula is C18H8Cl2F6N4S. The lowest BCUT2D eigenvalue weighted by molar-refractivity contribution is -0.137. The van der Waals surface area contributed by atoms with Crippen LogP contribution >= 0.6 is 35.0 Å². The fraction of sp³-hybridized carbons (Fsp3) is 0.111. The maximum Gasteiger partial charge on any atom is 0.446 e. The normalized spacial score (nSPS) is 12.0. The highest BCUT2D eigenvalue weighted by Crippen LogP contribution is 2.46. The molecular weight excluding hydrogens is 489 g/mol. The summed E-state index contributed by atoms with van der Waals surface area (Å²) in [5.74, 6) is -0.339. The molecule has 0 unspecified atom stereocenters. The minimum absolute atomic E-state index is 0.276. The summed E-state index contributed by atoms with van der Waals surface area (Å²) in [5, 5.41) is 14.8. The lowest BCUT2D eigenvalue weighted by Crippen LogP contribution is -2.08. The number of nitriles is 1. The van der Waals surface area contributed by atoms with Crippen molar-refractivity contribution in [2.75, 3.05) is 5.32 Å².